The summed E-state index contributed by atoms with van der Waals surface area (Å²) in [7, 11) is 0. The number of nitro groups is 1. The Hall–Kier alpha value is -0.740. The third-order valence-corrected chi connectivity index (χ3v) is 3.00. The number of halogens is 1. The number of nitro benzene ring substituents is 1. The Morgan fingerprint density at radius 2 is 2.13 bits per heavy atom. The summed E-state index contributed by atoms with van der Waals surface area (Å²) in [5.41, 5.74) is -0.118. The molecule has 82 valence electrons. The van der Waals surface area contributed by atoms with E-state index in [0.29, 0.717) is 0 Å². The minimum Gasteiger partial charge on any atom is -0.507 e. The van der Waals surface area contributed by atoms with Crippen molar-refractivity contribution in [2.45, 2.75) is 5.75 Å². The molecular weight excluding hydrogens is 337 g/mol. The zero-order valence-electron chi connectivity index (χ0n) is 7.21. The minimum absolute atomic E-state index is 0.0921. The molecule has 0 saturated carbocycles. The molecule has 0 aliphatic heterocycles. The smallest absolute Gasteiger partial charge is 0.271 e. The summed E-state index contributed by atoms with van der Waals surface area (Å²) >= 11 is -0.422. The van der Waals surface area contributed by atoms with Crippen molar-refractivity contribution in [3.05, 3.63) is 31.4 Å². The largest absolute Gasteiger partial charge is 0.507 e. The van der Waals surface area contributed by atoms with E-state index in [1.165, 1.54) is 6.07 Å². The van der Waals surface area contributed by atoms with Crippen molar-refractivity contribution < 1.29 is 18.8 Å². The standard InChI is InChI=1S/C7H6INO5S/c8-6-2-5(9(11)12)1-4(7(6)10)3-15(13)14/h1-2,10H,3H2,(H,13,14). The zero-order chi connectivity index (χ0) is 11.6. The Bertz CT molecular complexity index is 436. The Morgan fingerprint density at radius 3 is 2.60 bits per heavy atom. The fraction of sp³-hybridized carbons (Fsp3) is 0.143. The maximum atomic E-state index is 10.5. The quantitative estimate of drug-likeness (QED) is 0.376. The van der Waals surface area contributed by atoms with Crippen LogP contribution in [-0.4, -0.2) is 18.8 Å². The van der Waals surface area contributed by atoms with Gasteiger partial charge in [-0.3, -0.25) is 10.1 Å². The first-order chi connectivity index (χ1) is 6.91. The van der Waals surface area contributed by atoms with Crippen LogP contribution in [0.15, 0.2) is 12.1 Å². The fourth-order valence-electron chi connectivity index (χ4n) is 0.989. The van der Waals surface area contributed by atoms with E-state index in [0.717, 1.165) is 6.07 Å². The van der Waals surface area contributed by atoms with Crippen molar-refractivity contribution in [1.82, 2.24) is 0 Å². The van der Waals surface area contributed by atoms with Crippen molar-refractivity contribution in [2.24, 2.45) is 0 Å². The minimum atomic E-state index is -2.14. The van der Waals surface area contributed by atoms with Crippen LogP contribution in [0, 0.1) is 13.7 Å². The van der Waals surface area contributed by atoms with E-state index in [4.69, 9.17) is 4.55 Å². The maximum absolute atomic E-state index is 10.5. The molecule has 1 aromatic carbocycles. The van der Waals surface area contributed by atoms with Gasteiger partial charge in [0.05, 0.1) is 14.2 Å². The zero-order valence-corrected chi connectivity index (χ0v) is 10.2. The van der Waals surface area contributed by atoms with Gasteiger partial charge in [-0.25, -0.2) is 4.21 Å². The number of phenolic OH excluding ortho intramolecular Hbond substituents is 1. The summed E-state index contributed by atoms with van der Waals surface area (Å²) in [4.78, 5) is 9.87. The molecule has 0 spiro atoms. The molecule has 1 atom stereocenters. The van der Waals surface area contributed by atoms with Crippen LogP contribution in [0.5, 0.6) is 5.75 Å². The molecule has 15 heavy (non-hydrogen) atoms. The van der Waals surface area contributed by atoms with E-state index in [-0.39, 0.29) is 26.3 Å². The number of benzene rings is 1. The van der Waals surface area contributed by atoms with Gasteiger partial charge in [-0.2, -0.15) is 0 Å². The lowest BCUT2D eigenvalue weighted by atomic mass is 10.2. The Labute approximate surface area is 101 Å². The second kappa shape index (κ2) is 4.86. The van der Waals surface area contributed by atoms with Gasteiger partial charge >= 0.3 is 0 Å². The third-order valence-electron chi connectivity index (χ3n) is 1.62. The van der Waals surface area contributed by atoms with E-state index < -0.39 is 16.0 Å². The summed E-state index contributed by atoms with van der Waals surface area (Å²) in [6.07, 6.45) is 0. The first kappa shape index (κ1) is 12.3. The lowest BCUT2D eigenvalue weighted by molar-refractivity contribution is -0.385. The number of hydrogen-bond donors (Lipinski definition) is 2. The molecule has 2 N–H and O–H groups in total. The van der Waals surface area contributed by atoms with Crippen LogP contribution >= 0.6 is 22.6 Å². The number of hydrogen-bond acceptors (Lipinski definition) is 4. The lowest BCUT2D eigenvalue weighted by Crippen LogP contribution is -1.97. The van der Waals surface area contributed by atoms with Gasteiger partial charge in [0.15, 0.2) is 11.1 Å². The highest BCUT2D eigenvalue weighted by atomic mass is 127. The topological polar surface area (TPSA) is 101 Å². The summed E-state index contributed by atoms with van der Waals surface area (Å²) in [6.45, 7) is 0. The van der Waals surface area contributed by atoms with Crippen molar-refractivity contribution in [2.75, 3.05) is 0 Å². The maximum Gasteiger partial charge on any atom is 0.271 e. The summed E-state index contributed by atoms with van der Waals surface area (Å²) in [6, 6.07) is 2.28. The lowest BCUT2D eigenvalue weighted by Gasteiger charge is -2.04. The van der Waals surface area contributed by atoms with Gasteiger partial charge in [0.1, 0.15) is 5.75 Å². The normalized spacial score (nSPS) is 12.4. The Morgan fingerprint density at radius 1 is 1.53 bits per heavy atom. The van der Waals surface area contributed by atoms with Crippen molar-refractivity contribution in [3.8, 4) is 5.75 Å². The van der Waals surface area contributed by atoms with Gasteiger partial charge in [0.2, 0.25) is 0 Å². The molecule has 0 bridgehead atoms. The molecule has 8 heteroatoms. The summed E-state index contributed by atoms with van der Waals surface area (Å²) in [5.74, 6) is -0.521. The monoisotopic (exact) mass is 343 g/mol. The molecule has 0 amide bonds. The highest BCUT2D eigenvalue weighted by Crippen LogP contribution is 2.30. The molecule has 0 heterocycles. The average Bonchev–Trinajstić information content (AvgIpc) is 2.11. The average molecular weight is 343 g/mol. The highest BCUT2D eigenvalue weighted by Gasteiger charge is 2.15. The Kier molecular flexibility index (Phi) is 3.99. The molecule has 0 aliphatic rings. The molecule has 0 saturated heterocycles. The third kappa shape index (κ3) is 3.11. The fourth-order valence-corrected chi connectivity index (χ4v) is 2.14. The van der Waals surface area contributed by atoms with Crippen molar-refractivity contribution in [3.63, 3.8) is 0 Å². The molecule has 1 unspecified atom stereocenters. The van der Waals surface area contributed by atoms with Crippen LogP contribution < -0.4 is 0 Å². The van der Waals surface area contributed by atoms with Crippen molar-refractivity contribution in [1.29, 1.82) is 0 Å². The first-order valence-electron chi connectivity index (χ1n) is 3.65. The van der Waals surface area contributed by atoms with Crippen LogP contribution in [0.3, 0.4) is 0 Å². The van der Waals surface area contributed by atoms with Gasteiger partial charge in [-0.1, -0.05) is 0 Å². The number of non-ortho nitro benzene ring substituents is 1. The van der Waals surface area contributed by atoms with E-state index >= 15 is 0 Å². The van der Waals surface area contributed by atoms with Gasteiger partial charge in [-0.15, -0.1) is 0 Å². The Balaban J connectivity index is 3.24. The van der Waals surface area contributed by atoms with Gasteiger partial charge < -0.3 is 9.66 Å². The van der Waals surface area contributed by atoms with E-state index in [9.17, 15) is 19.4 Å². The van der Waals surface area contributed by atoms with Gasteiger partial charge in [-0.05, 0) is 22.6 Å². The molecule has 1 rings (SSSR count). The van der Waals surface area contributed by atoms with Crippen LogP contribution in [0.2, 0.25) is 0 Å². The molecule has 6 nitrogen and oxygen atoms in total. The van der Waals surface area contributed by atoms with Crippen LogP contribution in [-0.2, 0) is 16.8 Å². The molecule has 1 aromatic rings. The number of aromatic hydroxyl groups is 1. The van der Waals surface area contributed by atoms with Gasteiger partial charge in [0, 0.05) is 17.7 Å². The van der Waals surface area contributed by atoms with Gasteiger partial charge in [0.25, 0.3) is 5.69 Å². The number of nitrogens with zero attached hydrogens (tertiary/aromatic N) is 1. The second-order valence-corrected chi connectivity index (χ2v) is 4.75. The molecule has 0 aromatic heterocycles. The van der Waals surface area contributed by atoms with Crippen LogP contribution in [0.25, 0.3) is 0 Å². The molecule has 0 radical (unpaired) electrons. The van der Waals surface area contributed by atoms with Crippen LogP contribution in [0.1, 0.15) is 5.56 Å². The summed E-state index contributed by atoms with van der Waals surface area (Å²) in [5, 5.41) is 20.0. The predicted molar refractivity (Wildman–Crippen MR) is 62.0 cm³/mol. The molecule has 0 aliphatic carbocycles. The number of rotatable bonds is 3. The SMILES string of the molecule is O=[N+]([O-])c1cc(I)c(O)c(CS(=O)O)c1. The summed E-state index contributed by atoms with van der Waals surface area (Å²) < 4.78 is 19.5. The van der Waals surface area contributed by atoms with Crippen molar-refractivity contribution >= 4 is 39.4 Å². The molecular formula is C7H6INO5S. The second-order valence-electron chi connectivity index (χ2n) is 2.66. The first-order valence-corrected chi connectivity index (χ1v) is 6.00. The molecule has 0 fully saturated rings. The van der Waals surface area contributed by atoms with E-state index in [2.05, 4.69) is 0 Å². The van der Waals surface area contributed by atoms with Crippen LogP contribution in [0.4, 0.5) is 5.69 Å². The highest BCUT2D eigenvalue weighted by molar-refractivity contribution is 14.1. The predicted octanol–water partition coefficient (Wildman–Crippen LogP) is 1.63. The van der Waals surface area contributed by atoms with E-state index in [1.54, 1.807) is 22.6 Å². The number of phenols is 1. The van der Waals surface area contributed by atoms with E-state index in [1.807, 2.05) is 0 Å².